The summed E-state index contributed by atoms with van der Waals surface area (Å²) >= 11 is 0. The number of hydrogen-bond donors (Lipinski definition) is 1. The van der Waals surface area contributed by atoms with Crippen molar-refractivity contribution in [3.8, 4) is 5.75 Å². The van der Waals surface area contributed by atoms with Crippen molar-refractivity contribution in [3.05, 3.63) is 29.3 Å². The molecular formula is C22H32O2. The Hall–Kier alpha value is -1.02. The summed E-state index contributed by atoms with van der Waals surface area (Å²) in [6, 6.07) is 6.81. The summed E-state index contributed by atoms with van der Waals surface area (Å²) in [7, 11) is 0. The van der Waals surface area contributed by atoms with Crippen molar-refractivity contribution in [2.75, 3.05) is 6.61 Å². The molecule has 0 aliphatic heterocycles. The first-order valence-corrected chi connectivity index (χ1v) is 9.94. The van der Waals surface area contributed by atoms with Gasteiger partial charge in [0.25, 0.3) is 0 Å². The van der Waals surface area contributed by atoms with Crippen molar-refractivity contribution in [2.24, 2.45) is 17.3 Å². The topological polar surface area (TPSA) is 29.5 Å². The van der Waals surface area contributed by atoms with Crippen LogP contribution in [0.1, 0.15) is 76.3 Å². The lowest BCUT2D eigenvalue weighted by Crippen LogP contribution is -2.49. The van der Waals surface area contributed by atoms with Crippen LogP contribution < -0.4 is 4.74 Å². The van der Waals surface area contributed by atoms with Crippen LogP contribution in [0, 0.1) is 17.3 Å². The number of rotatable bonds is 3. The fourth-order valence-corrected chi connectivity index (χ4v) is 6.11. The smallest absolute Gasteiger partial charge is 0.119 e. The van der Waals surface area contributed by atoms with Crippen molar-refractivity contribution in [3.63, 3.8) is 0 Å². The Morgan fingerprint density at radius 1 is 1.17 bits per heavy atom. The van der Waals surface area contributed by atoms with Crippen molar-refractivity contribution >= 4 is 0 Å². The average Bonchev–Trinajstić information content (AvgIpc) is 2.82. The van der Waals surface area contributed by atoms with Crippen LogP contribution >= 0.6 is 0 Å². The molecule has 1 N–H and O–H groups in total. The molecule has 0 saturated heterocycles. The van der Waals surface area contributed by atoms with Gasteiger partial charge in [-0.3, -0.25) is 0 Å². The number of aryl methyl sites for hydroxylation is 1. The van der Waals surface area contributed by atoms with E-state index in [1.165, 1.54) is 37.7 Å². The Balaban J connectivity index is 1.61. The van der Waals surface area contributed by atoms with Crippen LogP contribution in [0.2, 0.25) is 0 Å². The van der Waals surface area contributed by atoms with E-state index in [1.807, 2.05) is 0 Å². The van der Waals surface area contributed by atoms with E-state index >= 15 is 0 Å². The molecule has 0 aromatic heterocycles. The fourth-order valence-electron chi connectivity index (χ4n) is 6.11. The maximum Gasteiger partial charge on any atom is 0.119 e. The summed E-state index contributed by atoms with van der Waals surface area (Å²) in [5.74, 6) is 3.18. The molecule has 132 valence electrons. The Morgan fingerprint density at radius 2 is 2.00 bits per heavy atom. The molecule has 1 aromatic carbocycles. The van der Waals surface area contributed by atoms with Gasteiger partial charge in [0.2, 0.25) is 0 Å². The lowest BCUT2D eigenvalue weighted by atomic mass is 9.53. The first kappa shape index (κ1) is 16.4. The van der Waals surface area contributed by atoms with E-state index in [0.717, 1.165) is 31.1 Å². The fraction of sp³-hybridized carbons (Fsp3) is 0.727. The Bertz CT molecular complexity index is 620. The van der Waals surface area contributed by atoms with E-state index in [-0.39, 0.29) is 5.41 Å². The molecule has 24 heavy (non-hydrogen) atoms. The molecule has 2 saturated carbocycles. The minimum absolute atomic E-state index is 0.121. The number of benzene rings is 1. The van der Waals surface area contributed by atoms with Crippen LogP contribution in [0.15, 0.2) is 18.2 Å². The van der Waals surface area contributed by atoms with Gasteiger partial charge in [-0.25, -0.2) is 0 Å². The van der Waals surface area contributed by atoms with Crippen LogP contribution in [0.4, 0.5) is 0 Å². The predicted molar refractivity (Wildman–Crippen MR) is 97.5 cm³/mol. The summed E-state index contributed by atoms with van der Waals surface area (Å²) in [5, 5.41) is 10.9. The lowest BCUT2D eigenvalue weighted by Gasteiger charge is -2.52. The predicted octanol–water partition coefficient (Wildman–Crippen LogP) is 5.08. The zero-order valence-electron chi connectivity index (χ0n) is 15.5. The van der Waals surface area contributed by atoms with E-state index < -0.39 is 5.60 Å². The highest BCUT2D eigenvalue weighted by Crippen LogP contribution is 2.64. The SMILES string of the molecule is CCCOc1ccc2c(c1)CCC1C2CCC2(C)C1CCC2(C)O. The normalized spacial score (nSPS) is 40.6. The summed E-state index contributed by atoms with van der Waals surface area (Å²) in [6.07, 6.45) is 8.10. The van der Waals surface area contributed by atoms with Gasteiger partial charge in [0.15, 0.2) is 0 Å². The van der Waals surface area contributed by atoms with E-state index in [4.69, 9.17) is 4.74 Å². The van der Waals surface area contributed by atoms with Gasteiger partial charge in [0.1, 0.15) is 5.75 Å². The molecule has 0 amide bonds. The molecule has 0 bridgehead atoms. The first-order valence-electron chi connectivity index (χ1n) is 9.94. The molecule has 4 rings (SSSR count). The largest absolute Gasteiger partial charge is 0.494 e. The Morgan fingerprint density at radius 3 is 2.79 bits per heavy atom. The minimum Gasteiger partial charge on any atom is -0.494 e. The van der Waals surface area contributed by atoms with Gasteiger partial charge >= 0.3 is 0 Å². The second kappa shape index (κ2) is 5.76. The number of fused-ring (bicyclic) bond motifs is 5. The molecule has 5 unspecified atom stereocenters. The molecular weight excluding hydrogens is 296 g/mol. The van der Waals surface area contributed by atoms with Gasteiger partial charge in [0.05, 0.1) is 12.2 Å². The van der Waals surface area contributed by atoms with Crippen LogP contribution in [0.5, 0.6) is 5.75 Å². The summed E-state index contributed by atoms with van der Waals surface area (Å²) in [5.41, 5.74) is 2.73. The summed E-state index contributed by atoms with van der Waals surface area (Å²) in [4.78, 5) is 0. The number of aliphatic hydroxyl groups is 1. The van der Waals surface area contributed by atoms with E-state index in [2.05, 4.69) is 39.0 Å². The standard InChI is InChI=1S/C22H32O2/c1-4-13-24-16-6-8-17-15(14-16)5-7-19-18(17)9-11-21(2)20(19)10-12-22(21,3)23/h6,8,14,18-20,23H,4-5,7,9-13H2,1-3H3. The quantitative estimate of drug-likeness (QED) is 0.838. The van der Waals surface area contributed by atoms with Gasteiger partial charge in [-0.1, -0.05) is 19.9 Å². The average molecular weight is 328 g/mol. The second-order valence-corrected chi connectivity index (χ2v) is 8.89. The molecule has 0 heterocycles. The van der Waals surface area contributed by atoms with Gasteiger partial charge in [-0.15, -0.1) is 0 Å². The highest BCUT2D eigenvalue weighted by Gasteiger charge is 2.59. The van der Waals surface area contributed by atoms with Crippen LogP contribution in [-0.4, -0.2) is 17.3 Å². The monoisotopic (exact) mass is 328 g/mol. The first-order chi connectivity index (χ1) is 11.5. The van der Waals surface area contributed by atoms with Crippen LogP contribution in [0.3, 0.4) is 0 Å². The van der Waals surface area contributed by atoms with Gasteiger partial charge in [0, 0.05) is 0 Å². The van der Waals surface area contributed by atoms with Crippen molar-refractivity contribution in [2.45, 2.75) is 77.2 Å². The van der Waals surface area contributed by atoms with Gasteiger partial charge in [-0.05, 0) is 98.3 Å². The third kappa shape index (κ3) is 2.33. The maximum absolute atomic E-state index is 10.9. The summed E-state index contributed by atoms with van der Waals surface area (Å²) in [6.45, 7) is 7.40. The molecule has 3 aliphatic carbocycles. The minimum atomic E-state index is -0.471. The van der Waals surface area contributed by atoms with Crippen molar-refractivity contribution in [1.82, 2.24) is 0 Å². The molecule has 3 aliphatic rings. The summed E-state index contributed by atoms with van der Waals surface area (Å²) < 4.78 is 5.84. The second-order valence-electron chi connectivity index (χ2n) is 8.89. The highest BCUT2D eigenvalue weighted by atomic mass is 16.5. The van der Waals surface area contributed by atoms with Gasteiger partial charge in [-0.2, -0.15) is 0 Å². The van der Waals surface area contributed by atoms with Crippen molar-refractivity contribution < 1.29 is 9.84 Å². The zero-order chi connectivity index (χ0) is 16.9. The Labute approximate surface area is 146 Å². The molecule has 5 atom stereocenters. The van der Waals surface area contributed by atoms with E-state index in [1.54, 1.807) is 5.56 Å². The number of hydrogen-bond acceptors (Lipinski definition) is 2. The molecule has 2 heteroatoms. The molecule has 1 aromatic rings. The molecule has 0 spiro atoms. The molecule has 0 radical (unpaired) electrons. The maximum atomic E-state index is 10.9. The van der Waals surface area contributed by atoms with Crippen molar-refractivity contribution in [1.29, 1.82) is 0 Å². The third-order valence-corrected chi connectivity index (χ3v) is 7.73. The van der Waals surface area contributed by atoms with Crippen LogP contribution in [0.25, 0.3) is 0 Å². The Kier molecular flexibility index (Phi) is 3.95. The highest BCUT2D eigenvalue weighted by molar-refractivity contribution is 5.41. The number of ether oxygens (including phenoxy) is 1. The lowest BCUT2D eigenvalue weighted by molar-refractivity contribution is -0.0901. The molecule has 2 fully saturated rings. The van der Waals surface area contributed by atoms with E-state index in [9.17, 15) is 5.11 Å². The van der Waals surface area contributed by atoms with Gasteiger partial charge < -0.3 is 9.84 Å². The zero-order valence-corrected chi connectivity index (χ0v) is 15.5. The molecule has 2 nitrogen and oxygen atoms in total. The third-order valence-electron chi connectivity index (χ3n) is 7.73. The van der Waals surface area contributed by atoms with Crippen LogP contribution in [-0.2, 0) is 6.42 Å². The van der Waals surface area contributed by atoms with E-state index in [0.29, 0.717) is 11.8 Å².